The quantitative estimate of drug-likeness (QED) is 0.868. The van der Waals surface area contributed by atoms with E-state index >= 15 is 0 Å². The van der Waals surface area contributed by atoms with E-state index in [-0.39, 0.29) is 0 Å². The number of nitrogens with zero attached hydrogens (tertiary/aromatic N) is 2. The van der Waals surface area contributed by atoms with E-state index < -0.39 is 0 Å². The van der Waals surface area contributed by atoms with Gasteiger partial charge in [-0.2, -0.15) is 0 Å². The molecule has 0 bridgehead atoms. The fraction of sp³-hybridized carbons (Fsp3) is 0.455. The molecule has 2 rings (SSSR count). The molecule has 5 heteroatoms. The van der Waals surface area contributed by atoms with Crippen molar-refractivity contribution in [3.8, 4) is 10.6 Å². The van der Waals surface area contributed by atoms with Crippen LogP contribution < -0.4 is 5.32 Å². The van der Waals surface area contributed by atoms with Crippen molar-refractivity contribution in [2.24, 2.45) is 0 Å². The second-order valence-electron chi connectivity index (χ2n) is 3.48. The van der Waals surface area contributed by atoms with Gasteiger partial charge in [0, 0.05) is 0 Å². The van der Waals surface area contributed by atoms with Gasteiger partial charge >= 0.3 is 0 Å². The first-order valence-electron chi connectivity index (χ1n) is 5.44. The summed E-state index contributed by atoms with van der Waals surface area (Å²) in [5.74, 6) is 0. The SMILES string of the molecule is CCNC(CC)c1nnc(-c2ccoc2)s1. The lowest BCUT2D eigenvalue weighted by atomic mass is 10.2. The van der Waals surface area contributed by atoms with E-state index in [0.29, 0.717) is 6.04 Å². The molecule has 1 atom stereocenters. The molecule has 1 unspecified atom stereocenters. The summed E-state index contributed by atoms with van der Waals surface area (Å²) in [6.07, 6.45) is 4.37. The van der Waals surface area contributed by atoms with Gasteiger partial charge in [-0.15, -0.1) is 10.2 Å². The van der Waals surface area contributed by atoms with Crippen molar-refractivity contribution < 1.29 is 4.42 Å². The Kier molecular flexibility index (Phi) is 3.69. The molecule has 2 heterocycles. The zero-order valence-corrected chi connectivity index (χ0v) is 10.3. The molecule has 0 spiro atoms. The van der Waals surface area contributed by atoms with E-state index in [2.05, 4.69) is 29.4 Å². The van der Waals surface area contributed by atoms with Crippen LogP contribution in [0, 0.1) is 0 Å². The van der Waals surface area contributed by atoms with Gasteiger partial charge in [0.2, 0.25) is 0 Å². The zero-order valence-electron chi connectivity index (χ0n) is 9.43. The molecule has 0 amide bonds. The molecule has 4 nitrogen and oxygen atoms in total. The minimum absolute atomic E-state index is 0.308. The highest BCUT2D eigenvalue weighted by atomic mass is 32.1. The minimum atomic E-state index is 0.308. The molecule has 0 aromatic carbocycles. The van der Waals surface area contributed by atoms with Crippen molar-refractivity contribution in [3.63, 3.8) is 0 Å². The zero-order chi connectivity index (χ0) is 11.4. The minimum Gasteiger partial charge on any atom is -0.472 e. The summed E-state index contributed by atoms with van der Waals surface area (Å²) < 4.78 is 5.04. The molecule has 0 aliphatic heterocycles. The molecule has 1 N–H and O–H groups in total. The van der Waals surface area contributed by atoms with Gasteiger partial charge in [0.05, 0.1) is 17.9 Å². The smallest absolute Gasteiger partial charge is 0.151 e. The first-order valence-corrected chi connectivity index (χ1v) is 6.26. The topological polar surface area (TPSA) is 51.0 Å². The van der Waals surface area contributed by atoms with E-state index in [1.807, 2.05) is 6.07 Å². The number of rotatable bonds is 5. The third-order valence-corrected chi connectivity index (χ3v) is 3.45. The van der Waals surface area contributed by atoms with E-state index in [1.54, 1.807) is 23.9 Å². The van der Waals surface area contributed by atoms with Crippen LogP contribution in [0.3, 0.4) is 0 Å². The molecule has 0 radical (unpaired) electrons. The monoisotopic (exact) mass is 237 g/mol. The van der Waals surface area contributed by atoms with Crippen molar-refractivity contribution in [3.05, 3.63) is 23.6 Å². The van der Waals surface area contributed by atoms with Gasteiger partial charge in [-0.1, -0.05) is 25.2 Å². The highest BCUT2D eigenvalue weighted by molar-refractivity contribution is 7.14. The molecule has 2 aromatic rings. The lowest BCUT2D eigenvalue weighted by Gasteiger charge is -2.10. The average Bonchev–Trinajstić information content (AvgIpc) is 2.95. The number of hydrogen-bond donors (Lipinski definition) is 1. The number of nitrogens with one attached hydrogen (secondary N) is 1. The Labute approximate surface area is 98.7 Å². The number of aromatic nitrogens is 2. The Morgan fingerprint density at radius 3 is 2.94 bits per heavy atom. The third-order valence-electron chi connectivity index (χ3n) is 2.37. The van der Waals surface area contributed by atoms with Crippen molar-refractivity contribution in [2.75, 3.05) is 6.54 Å². The molecule has 0 saturated heterocycles. The highest BCUT2D eigenvalue weighted by Gasteiger charge is 2.14. The fourth-order valence-corrected chi connectivity index (χ4v) is 2.52. The van der Waals surface area contributed by atoms with Crippen LogP contribution in [-0.2, 0) is 0 Å². The summed E-state index contributed by atoms with van der Waals surface area (Å²) in [6.45, 7) is 5.19. The summed E-state index contributed by atoms with van der Waals surface area (Å²) in [5.41, 5.74) is 0.995. The average molecular weight is 237 g/mol. The standard InChI is InChI=1S/C11H15N3OS/c1-3-9(12-4-2)11-14-13-10(16-11)8-5-6-15-7-8/h5-7,9,12H,3-4H2,1-2H3. The predicted molar refractivity (Wildman–Crippen MR) is 64.3 cm³/mol. The molecule has 0 aliphatic carbocycles. The molecular weight excluding hydrogens is 222 g/mol. The van der Waals surface area contributed by atoms with Crippen LogP contribution in [0.15, 0.2) is 23.0 Å². The first-order chi connectivity index (χ1) is 7.85. The van der Waals surface area contributed by atoms with Gasteiger partial charge in [-0.25, -0.2) is 0 Å². The summed E-state index contributed by atoms with van der Waals surface area (Å²) in [4.78, 5) is 0. The molecular formula is C11H15N3OS. The summed E-state index contributed by atoms with van der Waals surface area (Å²) in [6, 6.07) is 2.21. The molecule has 0 aliphatic rings. The molecule has 0 fully saturated rings. The van der Waals surface area contributed by atoms with Crippen LogP contribution in [0.1, 0.15) is 31.3 Å². The maximum atomic E-state index is 5.04. The second kappa shape index (κ2) is 5.23. The lowest BCUT2D eigenvalue weighted by Crippen LogP contribution is -2.19. The van der Waals surface area contributed by atoms with Crippen LogP contribution in [0.5, 0.6) is 0 Å². The Hall–Kier alpha value is -1.20. The van der Waals surface area contributed by atoms with Crippen LogP contribution in [0.4, 0.5) is 0 Å². The van der Waals surface area contributed by atoms with E-state index in [4.69, 9.17) is 4.42 Å². The normalized spacial score (nSPS) is 12.9. The molecule has 2 aromatic heterocycles. The van der Waals surface area contributed by atoms with E-state index in [1.165, 1.54) is 0 Å². The van der Waals surface area contributed by atoms with Gasteiger partial charge in [0.15, 0.2) is 5.01 Å². The highest BCUT2D eigenvalue weighted by Crippen LogP contribution is 2.28. The van der Waals surface area contributed by atoms with Crippen LogP contribution in [-0.4, -0.2) is 16.7 Å². The number of hydrogen-bond acceptors (Lipinski definition) is 5. The number of furan rings is 1. The summed E-state index contributed by atoms with van der Waals surface area (Å²) in [5, 5.41) is 13.8. The van der Waals surface area contributed by atoms with Crippen LogP contribution in [0.2, 0.25) is 0 Å². The third kappa shape index (κ3) is 2.31. The molecule has 16 heavy (non-hydrogen) atoms. The Bertz CT molecular complexity index is 424. The predicted octanol–water partition coefficient (Wildman–Crippen LogP) is 2.86. The maximum Gasteiger partial charge on any atom is 0.151 e. The fourth-order valence-electron chi connectivity index (χ4n) is 1.53. The van der Waals surface area contributed by atoms with Gasteiger partial charge < -0.3 is 9.73 Å². The molecule has 86 valence electrons. The first kappa shape index (κ1) is 11.3. The summed E-state index contributed by atoms with van der Waals surface area (Å²) >= 11 is 1.62. The van der Waals surface area contributed by atoms with Crippen LogP contribution >= 0.6 is 11.3 Å². The second-order valence-corrected chi connectivity index (χ2v) is 4.49. The van der Waals surface area contributed by atoms with Gasteiger partial charge in [0.1, 0.15) is 11.3 Å². The largest absolute Gasteiger partial charge is 0.472 e. The van der Waals surface area contributed by atoms with Crippen molar-refractivity contribution in [2.45, 2.75) is 26.3 Å². The Balaban J connectivity index is 2.18. The van der Waals surface area contributed by atoms with Gasteiger partial charge in [-0.05, 0) is 19.0 Å². The molecule has 0 saturated carbocycles. The van der Waals surface area contributed by atoms with Crippen molar-refractivity contribution in [1.29, 1.82) is 0 Å². The van der Waals surface area contributed by atoms with Crippen LogP contribution in [0.25, 0.3) is 10.6 Å². The van der Waals surface area contributed by atoms with E-state index in [0.717, 1.165) is 28.5 Å². The van der Waals surface area contributed by atoms with Crippen molar-refractivity contribution >= 4 is 11.3 Å². The Morgan fingerprint density at radius 1 is 1.44 bits per heavy atom. The van der Waals surface area contributed by atoms with Crippen molar-refractivity contribution in [1.82, 2.24) is 15.5 Å². The van der Waals surface area contributed by atoms with E-state index in [9.17, 15) is 0 Å². The maximum absolute atomic E-state index is 5.04. The Morgan fingerprint density at radius 2 is 2.31 bits per heavy atom. The van der Waals surface area contributed by atoms with Gasteiger partial charge in [-0.3, -0.25) is 0 Å². The lowest BCUT2D eigenvalue weighted by molar-refractivity contribution is 0.531. The summed E-state index contributed by atoms with van der Waals surface area (Å²) in [7, 11) is 0. The van der Waals surface area contributed by atoms with Gasteiger partial charge in [0.25, 0.3) is 0 Å².